The molecule has 0 aliphatic carbocycles. The van der Waals surface area contributed by atoms with Gasteiger partial charge in [0.1, 0.15) is 0 Å². The van der Waals surface area contributed by atoms with Crippen molar-refractivity contribution in [2.24, 2.45) is 0 Å². The third-order valence-corrected chi connectivity index (χ3v) is 4.18. The van der Waals surface area contributed by atoms with E-state index in [0.717, 1.165) is 54.5 Å². The number of amides is 1. The second-order valence-corrected chi connectivity index (χ2v) is 6.43. The van der Waals surface area contributed by atoms with Crippen LogP contribution in [0.5, 0.6) is 0 Å². The van der Waals surface area contributed by atoms with Crippen molar-refractivity contribution in [3.63, 3.8) is 0 Å². The number of nitrogens with zero attached hydrogens (tertiary/aromatic N) is 1. The molecule has 1 saturated heterocycles. The summed E-state index contributed by atoms with van der Waals surface area (Å²) in [5, 5.41) is 3.40. The average molecular weight is 339 g/mol. The van der Waals surface area contributed by atoms with E-state index in [-0.39, 0.29) is 5.91 Å². The molecule has 1 aromatic carbocycles. The Morgan fingerprint density at radius 3 is 2.85 bits per heavy atom. The lowest BCUT2D eigenvalue weighted by molar-refractivity contribution is 0.0649. The molecular formula is C16H23BrN2O. The highest BCUT2D eigenvalue weighted by molar-refractivity contribution is 9.10. The van der Waals surface area contributed by atoms with Crippen molar-refractivity contribution in [3.8, 4) is 0 Å². The molecule has 110 valence electrons. The zero-order valence-corrected chi connectivity index (χ0v) is 13.9. The first-order valence-electron chi connectivity index (χ1n) is 7.40. The first-order valence-corrected chi connectivity index (χ1v) is 8.20. The molecule has 1 unspecified atom stereocenters. The maximum Gasteiger partial charge on any atom is 0.254 e. The van der Waals surface area contributed by atoms with E-state index in [9.17, 15) is 4.79 Å². The number of aryl methyl sites for hydroxylation is 1. The maximum atomic E-state index is 12.8. The Kier molecular flexibility index (Phi) is 5.61. The summed E-state index contributed by atoms with van der Waals surface area (Å²) in [5.74, 6) is 0.157. The van der Waals surface area contributed by atoms with Gasteiger partial charge >= 0.3 is 0 Å². The summed E-state index contributed by atoms with van der Waals surface area (Å²) in [6.45, 7) is 6.96. The number of piperidine rings is 1. The fraction of sp³-hybridized carbons (Fsp3) is 0.562. The third-order valence-electron chi connectivity index (χ3n) is 3.73. The Morgan fingerprint density at radius 2 is 2.25 bits per heavy atom. The summed E-state index contributed by atoms with van der Waals surface area (Å²) in [4.78, 5) is 14.9. The molecule has 0 saturated carbocycles. The lowest BCUT2D eigenvalue weighted by atomic mass is 10.0. The molecule has 20 heavy (non-hydrogen) atoms. The van der Waals surface area contributed by atoms with E-state index < -0.39 is 0 Å². The number of rotatable bonds is 4. The largest absolute Gasteiger partial charge is 0.334 e. The molecular weight excluding hydrogens is 316 g/mol. The molecule has 1 aliphatic heterocycles. The number of benzene rings is 1. The van der Waals surface area contributed by atoms with Gasteiger partial charge in [-0.3, -0.25) is 4.79 Å². The van der Waals surface area contributed by atoms with Crippen LogP contribution in [0, 0.1) is 6.92 Å². The summed E-state index contributed by atoms with van der Waals surface area (Å²) in [6, 6.07) is 6.26. The molecule has 1 N–H and O–H groups in total. The van der Waals surface area contributed by atoms with Gasteiger partial charge in [-0.1, -0.05) is 22.9 Å². The van der Waals surface area contributed by atoms with Crippen LogP contribution in [0.15, 0.2) is 22.7 Å². The highest BCUT2D eigenvalue weighted by atomic mass is 79.9. The smallest absolute Gasteiger partial charge is 0.254 e. The Morgan fingerprint density at radius 1 is 1.45 bits per heavy atom. The zero-order valence-electron chi connectivity index (χ0n) is 12.3. The fourth-order valence-corrected chi connectivity index (χ4v) is 3.42. The number of hydrogen-bond acceptors (Lipinski definition) is 2. The van der Waals surface area contributed by atoms with Gasteiger partial charge in [0.2, 0.25) is 0 Å². The fourth-order valence-electron chi connectivity index (χ4n) is 2.82. The van der Waals surface area contributed by atoms with Crippen molar-refractivity contribution in [3.05, 3.63) is 33.8 Å². The Balaban J connectivity index is 2.20. The van der Waals surface area contributed by atoms with Crippen LogP contribution in [0.4, 0.5) is 0 Å². The molecule has 0 spiro atoms. The molecule has 3 nitrogen and oxygen atoms in total. The van der Waals surface area contributed by atoms with Gasteiger partial charge in [0.05, 0.1) is 0 Å². The molecule has 1 heterocycles. The first-order chi connectivity index (χ1) is 9.61. The minimum atomic E-state index is 0.157. The van der Waals surface area contributed by atoms with E-state index in [1.165, 1.54) is 0 Å². The van der Waals surface area contributed by atoms with Crippen LogP contribution in [0.25, 0.3) is 0 Å². The lowest BCUT2D eigenvalue weighted by Gasteiger charge is -2.34. The van der Waals surface area contributed by atoms with Gasteiger partial charge in [0.25, 0.3) is 5.91 Å². The van der Waals surface area contributed by atoms with Crippen molar-refractivity contribution in [1.82, 2.24) is 10.2 Å². The molecule has 1 fully saturated rings. The highest BCUT2D eigenvalue weighted by Crippen LogP contribution is 2.20. The Hall–Kier alpha value is -0.870. The average Bonchev–Trinajstić information content (AvgIpc) is 2.44. The minimum Gasteiger partial charge on any atom is -0.334 e. The molecule has 1 aromatic rings. The van der Waals surface area contributed by atoms with Gasteiger partial charge in [0.15, 0.2) is 0 Å². The maximum absolute atomic E-state index is 12.8. The summed E-state index contributed by atoms with van der Waals surface area (Å²) < 4.78 is 0.971. The van der Waals surface area contributed by atoms with Crippen LogP contribution in [0.1, 0.15) is 42.1 Å². The Bertz CT molecular complexity index is 449. The number of carbonyl (C=O) groups is 1. The number of hydrogen-bond donors (Lipinski definition) is 1. The van der Waals surface area contributed by atoms with Crippen LogP contribution in [-0.4, -0.2) is 36.5 Å². The van der Waals surface area contributed by atoms with Crippen LogP contribution in [0.2, 0.25) is 0 Å². The van der Waals surface area contributed by atoms with Crippen molar-refractivity contribution in [1.29, 1.82) is 0 Å². The quantitative estimate of drug-likeness (QED) is 0.912. The number of carbonyl (C=O) groups excluding carboxylic acids is 1. The monoisotopic (exact) mass is 338 g/mol. The van der Waals surface area contributed by atoms with Crippen LogP contribution < -0.4 is 5.32 Å². The molecule has 0 radical (unpaired) electrons. The summed E-state index contributed by atoms with van der Waals surface area (Å²) >= 11 is 3.48. The van der Waals surface area contributed by atoms with Crippen molar-refractivity contribution in [2.75, 3.05) is 19.6 Å². The molecule has 2 rings (SSSR count). The normalized spacial score (nSPS) is 18.9. The topological polar surface area (TPSA) is 32.3 Å². The van der Waals surface area contributed by atoms with Gasteiger partial charge in [-0.25, -0.2) is 0 Å². The highest BCUT2D eigenvalue weighted by Gasteiger charge is 2.25. The van der Waals surface area contributed by atoms with Crippen molar-refractivity contribution >= 4 is 21.8 Å². The third kappa shape index (κ3) is 3.83. The molecule has 1 atom stereocenters. The second-order valence-electron chi connectivity index (χ2n) is 5.52. The Labute approximate surface area is 129 Å². The molecule has 4 heteroatoms. The standard InChI is InChI=1S/C16H23BrN2O/c1-3-7-19(15-5-4-6-18-11-15)16(20)13-8-12(2)9-14(17)10-13/h8-10,15,18H,3-7,11H2,1-2H3. The minimum absolute atomic E-state index is 0.157. The van der Waals surface area contributed by atoms with Gasteiger partial charge in [-0.2, -0.15) is 0 Å². The van der Waals surface area contributed by atoms with Crippen molar-refractivity contribution in [2.45, 2.75) is 39.2 Å². The SMILES string of the molecule is CCCN(C(=O)c1cc(C)cc(Br)c1)C1CCCNC1. The van der Waals surface area contributed by atoms with Crippen LogP contribution >= 0.6 is 15.9 Å². The number of nitrogens with one attached hydrogen (secondary N) is 1. The summed E-state index contributed by atoms with van der Waals surface area (Å²) in [7, 11) is 0. The van der Waals surface area contributed by atoms with E-state index in [2.05, 4.69) is 28.2 Å². The zero-order chi connectivity index (χ0) is 14.5. The lowest BCUT2D eigenvalue weighted by Crippen LogP contribution is -2.49. The van der Waals surface area contributed by atoms with Gasteiger partial charge < -0.3 is 10.2 Å². The van der Waals surface area contributed by atoms with Crippen LogP contribution in [0.3, 0.4) is 0 Å². The molecule has 0 bridgehead atoms. The predicted molar refractivity (Wildman–Crippen MR) is 86.1 cm³/mol. The van der Waals surface area contributed by atoms with Crippen LogP contribution in [-0.2, 0) is 0 Å². The predicted octanol–water partition coefficient (Wildman–Crippen LogP) is 3.36. The summed E-state index contributed by atoms with van der Waals surface area (Å²) in [5.41, 5.74) is 1.90. The molecule has 1 amide bonds. The van der Waals surface area contributed by atoms with E-state index in [0.29, 0.717) is 6.04 Å². The summed E-state index contributed by atoms with van der Waals surface area (Å²) in [6.07, 6.45) is 3.25. The van der Waals surface area contributed by atoms with Gasteiger partial charge in [-0.15, -0.1) is 0 Å². The van der Waals surface area contributed by atoms with Gasteiger partial charge in [-0.05, 0) is 56.5 Å². The van der Waals surface area contributed by atoms with Crippen molar-refractivity contribution < 1.29 is 4.79 Å². The molecule has 1 aliphatic rings. The number of halogens is 1. The van der Waals surface area contributed by atoms with E-state index in [1.807, 2.05) is 30.0 Å². The molecule has 0 aromatic heterocycles. The van der Waals surface area contributed by atoms with E-state index in [1.54, 1.807) is 0 Å². The van der Waals surface area contributed by atoms with Gasteiger partial charge in [0, 0.05) is 29.2 Å². The second kappa shape index (κ2) is 7.23. The van der Waals surface area contributed by atoms with E-state index >= 15 is 0 Å². The van der Waals surface area contributed by atoms with E-state index in [4.69, 9.17) is 0 Å². The first kappa shape index (κ1) is 15.5.